The van der Waals surface area contributed by atoms with Crippen LogP contribution in [0.15, 0.2) is 84.9 Å². The summed E-state index contributed by atoms with van der Waals surface area (Å²) >= 11 is 0. The zero-order valence-corrected chi connectivity index (χ0v) is 22.5. The highest BCUT2D eigenvalue weighted by atomic mass is 16.5. The quantitative estimate of drug-likeness (QED) is 0.276. The summed E-state index contributed by atoms with van der Waals surface area (Å²) in [4.78, 5) is 28.0. The van der Waals surface area contributed by atoms with Gasteiger partial charge in [-0.05, 0) is 18.1 Å². The number of benzene rings is 3. The molecule has 0 aliphatic rings. The lowest BCUT2D eigenvalue weighted by atomic mass is 10.1. The van der Waals surface area contributed by atoms with Crippen molar-refractivity contribution >= 4 is 23.4 Å². The minimum atomic E-state index is -0.407. The first-order chi connectivity index (χ1) is 18.9. The van der Waals surface area contributed by atoms with Crippen LogP contribution in [-0.4, -0.2) is 53.9 Å². The molecule has 9 nitrogen and oxygen atoms in total. The summed E-state index contributed by atoms with van der Waals surface area (Å²) in [5, 5.41) is 10.6. The van der Waals surface area contributed by atoms with Crippen LogP contribution in [0.4, 0.5) is 16.3 Å². The third-order valence-electron chi connectivity index (χ3n) is 5.86. The van der Waals surface area contributed by atoms with E-state index in [1.165, 1.54) is 4.90 Å². The number of ether oxygens (including phenoxy) is 2. The highest BCUT2D eigenvalue weighted by Crippen LogP contribution is 2.27. The van der Waals surface area contributed by atoms with Gasteiger partial charge >= 0.3 is 6.03 Å². The first-order valence-corrected chi connectivity index (χ1v) is 12.7. The van der Waals surface area contributed by atoms with E-state index >= 15 is 0 Å². The van der Waals surface area contributed by atoms with Crippen molar-refractivity contribution < 1.29 is 19.1 Å². The third kappa shape index (κ3) is 7.16. The summed E-state index contributed by atoms with van der Waals surface area (Å²) < 4.78 is 12.3. The number of hydrogen-bond donors (Lipinski definition) is 2. The van der Waals surface area contributed by atoms with Crippen LogP contribution in [0.5, 0.6) is 11.5 Å². The number of carbonyl (C=O) groups is 2. The van der Waals surface area contributed by atoms with Gasteiger partial charge in [-0.1, -0.05) is 62.4 Å². The molecule has 0 unspecified atom stereocenters. The van der Waals surface area contributed by atoms with E-state index in [0.717, 1.165) is 16.9 Å². The normalized spacial score (nSPS) is 10.7. The van der Waals surface area contributed by atoms with E-state index in [-0.39, 0.29) is 18.4 Å². The summed E-state index contributed by atoms with van der Waals surface area (Å²) in [5.74, 6) is 1.39. The Bertz CT molecular complexity index is 1380. The Kier molecular flexibility index (Phi) is 8.83. The second-order valence-corrected chi connectivity index (χ2v) is 9.38. The minimum absolute atomic E-state index is 0.142. The number of anilines is 2. The summed E-state index contributed by atoms with van der Waals surface area (Å²) in [6.07, 6.45) is 0. The second kappa shape index (κ2) is 12.6. The van der Waals surface area contributed by atoms with Crippen LogP contribution in [0.1, 0.15) is 13.8 Å². The van der Waals surface area contributed by atoms with E-state index in [2.05, 4.69) is 10.6 Å². The molecule has 1 heterocycles. The molecule has 0 aliphatic carbocycles. The fourth-order valence-electron chi connectivity index (χ4n) is 4.08. The number of methoxy groups -OCH3 is 2. The molecular weight excluding hydrogens is 494 g/mol. The Hall–Kier alpha value is -4.79. The maximum absolute atomic E-state index is 13.3. The molecule has 0 saturated heterocycles. The molecule has 39 heavy (non-hydrogen) atoms. The molecule has 3 aromatic carbocycles. The molecule has 0 aliphatic heterocycles. The Morgan fingerprint density at radius 1 is 0.872 bits per heavy atom. The largest absolute Gasteiger partial charge is 0.497 e. The zero-order valence-electron chi connectivity index (χ0n) is 22.5. The Morgan fingerprint density at radius 2 is 1.49 bits per heavy atom. The van der Waals surface area contributed by atoms with Crippen molar-refractivity contribution in [3.05, 3.63) is 84.9 Å². The summed E-state index contributed by atoms with van der Waals surface area (Å²) in [7, 11) is 3.08. The monoisotopic (exact) mass is 527 g/mol. The van der Waals surface area contributed by atoms with E-state index in [0.29, 0.717) is 29.5 Å². The number of para-hydroxylation sites is 1. The maximum Gasteiger partial charge on any atom is 0.322 e. The molecule has 3 amide bonds. The molecule has 0 spiro atoms. The molecule has 4 rings (SSSR count). The smallest absolute Gasteiger partial charge is 0.322 e. The van der Waals surface area contributed by atoms with Gasteiger partial charge in [-0.25, -0.2) is 9.48 Å². The molecule has 9 heteroatoms. The predicted molar refractivity (Wildman–Crippen MR) is 153 cm³/mol. The van der Waals surface area contributed by atoms with Crippen molar-refractivity contribution in [3.63, 3.8) is 0 Å². The molecule has 0 radical (unpaired) electrons. The molecule has 202 valence electrons. The van der Waals surface area contributed by atoms with Gasteiger partial charge in [-0.2, -0.15) is 5.10 Å². The van der Waals surface area contributed by atoms with Crippen molar-refractivity contribution in [1.82, 2.24) is 14.7 Å². The lowest BCUT2D eigenvalue weighted by Gasteiger charge is -2.24. The molecule has 1 aromatic heterocycles. The number of carbonyl (C=O) groups excluding carboxylic acids is 2. The topological polar surface area (TPSA) is 97.7 Å². The summed E-state index contributed by atoms with van der Waals surface area (Å²) in [5.41, 5.74) is 2.95. The third-order valence-corrected chi connectivity index (χ3v) is 5.86. The fourth-order valence-corrected chi connectivity index (χ4v) is 4.08. The van der Waals surface area contributed by atoms with Gasteiger partial charge in [0.2, 0.25) is 5.91 Å². The SMILES string of the molecule is COc1cc(NC(=O)N(CC(=O)Nc2cc(-c3ccccc3)nn2-c2ccccc2)CC(C)C)cc(OC)c1. The Balaban J connectivity index is 1.55. The van der Waals surface area contributed by atoms with Crippen LogP contribution in [0.25, 0.3) is 16.9 Å². The van der Waals surface area contributed by atoms with Gasteiger partial charge in [0.25, 0.3) is 0 Å². The molecule has 2 N–H and O–H groups in total. The highest BCUT2D eigenvalue weighted by molar-refractivity contribution is 5.97. The van der Waals surface area contributed by atoms with E-state index in [1.54, 1.807) is 37.1 Å². The van der Waals surface area contributed by atoms with E-state index in [1.807, 2.05) is 80.6 Å². The van der Waals surface area contributed by atoms with Gasteiger partial charge in [0.1, 0.15) is 23.9 Å². The molecule has 0 fully saturated rings. The van der Waals surface area contributed by atoms with Crippen molar-refractivity contribution in [1.29, 1.82) is 0 Å². The van der Waals surface area contributed by atoms with Crippen LogP contribution in [-0.2, 0) is 4.79 Å². The lowest BCUT2D eigenvalue weighted by molar-refractivity contribution is -0.116. The average Bonchev–Trinajstić information content (AvgIpc) is 3.36. The number of hydrogen-bond acceptors (Lipinski definition) is 5. The van der Waals surface area contributed by atoms with E-state index in [4.69, 9.17) is 14.6 Å². The van der Waals surface area contributed by atoms with Crippen molar-refractivity contribution in [2.24, 2.45) is 5.92 Å². The van der Waals surface area contributed by atoms with Gasteiger partial charge in [-0.15, -0.1) is 0 Å². The molecule has 4 aromatic rings. The van der Waals surface area contributed by atoms with Crippen LogP contribution in [0.3, 0.4) is 0 Å². The number of amides is 3. The average molecular weight is 528 g/mol. The van der Waals surface area contributed by atoms with Crippen LogP contribution < -0.4 is 20.1 Å². The first-order valence-electron chi connectivity index (χ1n) is 12.7. The second-order valence-electron chi connectivity index (χ2n) is 9.38. The molecule has 0 atom stereocenters. The van der Waals surface area contributed by atoms with Gasteiger partial charge in [0.15, 0.2) is 0 Å². The minimum Gasteiger partial charge on any atom is -0.497 e. The number of nitrogens with zero attached hydrogens (tertiary/aromatic N) is 3. The number of aromatic nitrogens is 2. The molecule has 0 bridgehead atoms. The van der Waals surface area contributed by atoms with Crippen LogP contribution >= 0.6 is 0 Å². The summed E-state index contributed by atoms with van der Waals surface area (Å²) in [6.45, 7) is 4.21. The number of nitrogens with one attached hydrogen (secondary N) is 2. The first kappa shape index (κ1) is 27.3. The Labute approximate surface area is 228 Å². The number of urea groups is 1. The molecule has 0 saturated carbocycles. The Morgan fingerprint density at radius 3 is 2.08 bits per heavy atom. The van der Waals surface area contributed by atoms with Crippen LogP contribution in [0, 0.1) is 5.92 Å². The van der Waals surface area contributed by atoms with Crippen molar-refractivity contribution in [2.45, 2.75) is 13.8 Å². The van der Waals surface area contributed by atoms with E-state index in [9.17, 15) is 9.59 Å². The van der Waals surface area contributed by atoms with Gasteiger partial charge in [0.05, 0.1) is 25.6 Å². The van der Waals surface area contributed by atoms with Crippen molar-refractivity contribution in [2.75, 3.05) is 37.9 Å². The van der Waals surface area contributed by atoms with Gasteiger partial charge in [0, 0.05) is 42.1 Å². The maximum atomic E-state index is 13.3. The fraction of sp³-hybridized carbons (Fsp3) is 0.233. The zero-order chi connectivity index (χ0) is 27.8. The lowest BCUT2D eigenvalue weighted by Crippen LogP contribution is -2.42. The van der Waals surface area contributed by atoms with Crippen molar-refractivity contribution in [3.8, 4) is 28.4 Å². The highest BCUT2D eigenvalue weighted by Gasteiger charge is 2.21. The summed E-state index contributed by atoms with van der Waals surface area (Å²) in [6, 6.07) is 25.8. The predicted octanol–water partition coefficient (Wildman–Crippen LogP) is 5.69. The molecular formula is C30H33N5O4. The van der Waals surface area contributed by atoms with Gasteiger partial charge in [-0.3, -0.25) is 4.79 Å². The standard InChI is InChI=1S/C30H33N5O4/c1-21(2)19-34(30(37)31-23-15-25(38-3)17-26(16-23)39-4)20-29(36)32-28-18-27(22-11-7-5-8-12-22)33-35(28)24-13-9-6-10-14-24/h5-18,21H,19-20H2,1-4H3,(H,31,37)(H,32,36). The van der Waals surface area contributed by atoms with Crippen LogP contribution in [0.2, 0.25) is 0 Å². The van der Waals surface area contributed by atoms with Gasteiger partial charge < -0.3 is 25.0 Å². The van der Waals surface area contributed by atoms with E-state index < -0.39 is 6.03 Å². The number of rotatable bonds is 10.